The number of rotatable bonds is 9. The summed E-state index contributed by atoms with van der Waals surface area (Å²) in [6.45, 7) is 6.64. The lowest BCUT2D eigenvalue weighted by Crippen LogP contribution is -2.18. The topological polar surface area (TPSA) is 52.6 Å². The van der Waals surface area contributed by atoms with Crippen LogP contribution in [0.2, 0.25) is 0 Å². The molecule has 204 valence electrons. The van der Waals surface area contributed by atoms with Crippen molar-refractivity contribution in [2.75, 3.05) is 6.61 Å². The van der Waals surface area contributed by atoms with Crippen LogP contribution in [0.5, 0.6) is 0 Å². The highest BCUT2D eigenvalue weighted by molar-refractivity contribution is 5.89. The van der Waals surface area contributed by atoms with Gasteiger partial charge in [0, 0.05) is 12.3 Å². The first kappa shape index (κ1) is 28.4. The van der Waals surface area contributed by atoms with Crippen molar-refractivity contribution in [1.82, 2.24) is 0 Å². The summed E-state index contributed by atoms with van der Waals surface area (Å²) < 4.78 is 11.2. The molecule has 0 saturated heterocycles. The Kier molecular flexibility index (Phi) is 10.1. The van der Waals surface area contributed by atoms with E-state index in [1.165, 1.54) is 16.7 Å². The van der Waals surface area contributed by atoms with Gasteiger partial charge in [0.15, 0.2) is 0 Å². The highest BCUT2D eigenvalue weighted by atomic mass is 16.5. The van der Waals surface area contributed by atoms with Crippen LogP contribution in [0.1, 0.15) is 84.3 Å². The quantitative estimate of drug-likeness (QED) is 0.267. The fraction of sp³-hybridized carbons (Fsp3) is 0.371. The zero-order valence-corrected chi connectivity index (χ0v) is 23.4. The molecule has 0 bridgehead atoms. The van der Waals surface area contributed by atoms with E-state index in [-0.39, 0.29) is 24.0 Å². The number of carbonyl (C=O) groups is 2. The van der Waals surface area contributed by atoms with E-state index in [0.29, 0.717) is 24.5 Å². The molecule has 0 spiro atoms. The van der Waals surface area contributed by atoms with E-state index < -0.39 is 0 Å². The normalized spacial score (nSPS) is 16.7. The molecule has 0 amide bonds. The molecule has 2 aliphatic rings. The number of allylic oxidation sites excluding steroid dienone is 1. The lowest BCUT2D eigenvalue weighted by Gasteiger charge is -2.21. The van der Waals surface area contributed by atoms with Crippen molar-refractivity contribution in [3.8, 4) is 0 Å². The van der Waals surface area contributed by atoms with E-state index in [2.05, 4.69) is 62.4 Å². The monoisotopic (exact) mass is 524 g/mol. The van der Waals surface area contributed by atoms with E-state index in [1.54, 1.807) is 0 Å². The molecule has 0 heterocycles. The second-order valence-electron chi connectivity index (χ2n) is 10.8. The molecule has 4 nitrogen and oxygen atoms in total. The average molecular weight is 525 g/mol. The summed E-state index contributed by atoms with van der Waals surface area (Å²) in [5.41, 5.74) is 6.92. The summed E-state index contributed by atoms with van der Waals surface area (Å²) in [6.07, 6.45) is 9.07. The van der Waals surface area contributed by atoms with Gasteiger partial charge in [0.25, 0.3) is 0 Å². The van der Waals surface area contributed by atoms with Gasteiger partial charge in [-0.3, -0.25) is 4.79 Å². The maximum absolute atomic E-state index is 12.4. The van der Waals surface area contributed by atoms with Gasteiger partial charge in [0.05, 0.1) is 12.2 Å². The van der Waals surface area contributed by atoms with E-state index >= 15 is 0 Å². The summed E-state index contributed by atoms with van der Waals surface area (Å²) in [7, 11) is 0. The average Bonchev–Trinajstić information content (AvgIpc) is 3.56. The predicted octanol–water partition coefficient (Wildman–Crippen LogP) is 7.94. The minimum absolute atomic E-state index is 0.121. The number of hydrogen-bond acceptors (Lipinski definition) is 4. The molecular weight excluding hydrogens is 484 g/mol. The molecule has 0 N–H and O–H groups in total. The number of benzene rings is 3. The molecule has 0 aromatic heterocycles. The van der Waals surface area contributed by atoms with Gasteiger partial charge in [-0.25, -0.2) is 4.79 Å². The van der Waals surface area contributed by atoms with Crippen LogP contribution in [0, 0.1) is 11.8 Å². The zero-order valence-electron chi connectivity index (χ0n) is 23.4. The van der Waals surface area contributed by atoms with Crippen LogP contribution in [-0.2, 0) is 33.5 Å². The summed E-state index contributed by atoms with van der Waals surface area (Å²) in [4.78, 5) is 24.5. The molecular formula is C35H40O4. The highest BCUT2D eigenvalue weighted by Crippen LogP contribution is 2.41. The molecule has 0 radical (unpaired) electrons. The molecule has 2 atom stereocenters. The van der Waals surface area contributed by atoms with Gasteiger partial charge in [-0.05, 0) is 78.0 Å². The second kappa shape index (κ2) is 13.9. The maximum Gasteiger partial charge on any atom is 0.338 e. The third kappa shape index (κ3) is 7.92. The first-order valence-electron chi connectivity index (χ1n) is 14.2. The van der Waals surface area contributed by atoms with Crippen molar-refractivity contribution in [2.24, 2.45) is 11.8 Å². The largest absolute Gasteiger partial charge is 0.462 e. The highest BCUT2D eigenvalue weighted by Gasteiger charge is 2.35. The molecule has 5 rings (SSSR count). The molecule has 3 aromatic carbocycles. The van der Waals surface area contributed by atoms with E-state index in [0.717, 1.165) is 43.2 Å². The molecule has 0 fully saturated rings. The molecule has 39 heavy (non-hydrogen) atoms. The Morgan fingerprint density at radius 2 is 1.64 bits per heavy atom. The number of esters is 2. The van der Waals surface area contributed by atoms with Crippen molar-refractivity contribution in [1.29, 1.82) is 0 Å². The van der Waals surface area contributed by atoms with Gasteiger partial charge in [-0.2, -0.15) is 0 Å². The first-order chi connectivity index (χ1) is 18.9. The van der Waals surface area contributed by atoms with Gasteiger partial charge in [0.2, 0.25) is 0 Å². The van der Waals surface area contributed by atoms with Crippen molar-refractivity contribution in [2.45, 2.75) is 65.4 Å². The molecule has 3 aromatic rings. The Morgan fingerprint density at radius 1 is 0.923 bits per heavy atom. The van der Waals surface area contributed by atoms with Crippen molar-refractivity contribution in [3.05, 3.63) is 112 Å². The summed E-state index contributed by atoms with van der Waals surface area (Å²) >= 11 is 0. The lowest BCUT2D eigenvalue weighted by atomic mass is 9.94. The van der Waals surface area contributed by atoms with E-state index in [1.807, 2.05) is 43.3 Å². The van der Waals surface area contributed by atoms with Crippen LogP contribution in [0.3, 0.4) is 0 Å². The number of ether oxygens (including phenoxy) is 2. The molecule has 2 aliphatic carbocycles. The predicted molar refractivity (Wildman–Crippen MR) is 156 cm³/mol. The Balaban J connectivity index is 0.000000327. The zero-order chi connectivity index (χ0) is 27.6. The number of hydrogen-bond donors (Lipinski definition) is 0. The molecule has 4 heteroatoms. The number of fused-ring (bicyclic) bond motifs is 2. The Labute approximate surface area is 233 Å². The summed E-state index contributed by atoms with van der Waals surface area (Å²) in [5, 5.41) is 0. The Hall–Kier alpha value is -3.66. The third-order valence-corrected chi connectivity index (χ3v) is 7.27. The van der Waals surface area contributed by atoms with Crippen LogP contribution in [0.25, 0.3) is 6.08 Å². The molecule has 0 saturated carbocycles. The minimum Gasteiger partial charge on any atom is -0.462 e. The van der Waals surface area contributed by atoms with Crippen molar-refractivity contribution in [3.63, 3.8) is 0 Å². The number of carbonyl (C=O) groups excluding carboxylic acids is 2. The van der Waals surface area contributed by atoms with Crippen LogP contribution >= 0.6 is 0 Å². The van der Waals surface area contributed by atoms with E-state index in [9.17, 15) is 9.59 Å². The van der Waals surface area contributed by atoms with Gasteiger partial charge in [-0.1, -0.05) is 93.6 Å². The SMILES string of the molecule is C1=Cc2ccccc2C1.CCCOC(=O)c1ccc(CC2Cc3ccccc3[C@@H]2OC(=O)CCC(C)C)cc1. The van der Waals surface area contributed by atoms with Gasteiger partial charge in [0.1, 0.15) is 6.10 Å². The Morgan fingerprint density at radius 3 is 2.36 bits per heavy atom. The van der Waals surface area contributed by atoms with Crippen LogP contribution in [0.15, 0.2) is 78.9 Å². The Bertz CT molecular complexity index is 1270. The molecule has 1 unspecified atom stereocenters. The fourth-order valence-corrected chi connectivity index (χ4v) is 5.14. The lowest BCUT2D eigenvalue weighted by molar-refractivity contribution is -0.152. The first-order valence-corrected chi connectivity index (χ1v) is 14.2. The van der Waals surface area contributed by atoms with Gasteiger partial charge < -0.3 is 9.47 Å². The summed E-state index contributed by atoms with van der Waals surface area (Å²) in [5.74, 6) is 0.271. The van der Waals surface area contributed by atoms with Crippen molar-refractivity contribution < 1.29 is 19.1 Å². The smallest absolute Gasteiger partial charge is 0.338 e. The molecule has 0 aliphatic heterocycles. The second-order valence-corrected chi connectivity index (χ2v) is 10.8. The van der Waals surface area contributed by atoms with E-state index in [4.69, 9.17) is 9.47 Å². The van der Waals surface area contributed by atoms with Crippen LogP contribution < -0.4 is 0 Å². The summed E-state index contributed by atoms with van der Waals surface area (Å²) in [6, 6.07) is 24.3. The van der Waals surface area contributed by atoms with Gasteiger partial charge >= 0.3 is 11.9 Å². The van der Waals surface area contributed by atoms with Crippen LogP contribution in [0.4, 0.5) is 0 Å². The maximum atomic E-state index is 12.4. The van der Waals surface area contributed by atoms with Gasteiger partial charge in [-0.15, -0.1) is 0 Å². The third-order valence-electron chi connectivity index (χ3n) is 7.27. The minimum atomic E-state index is -0.284. The van der Waals surface area contributed by atoms with Crippen molar-refractivity contribution >= 4 is 18.0 Å². The standard InChI is InChI=1S/C26H32O4.C9H8/c1-4-15-29-26(28)20-12-10-19(11-13-20)16-22-17-21-7-5-6-8-23(21)25(22)30-24(27)14-9-18(2)3;1-2-5-9-7-3-6-8(9)4-1/h5-8,10-13,18,22,25H,4,9,14-17H2,1-3H3;1-6H,7H2/t22?,25-;/m1./s1. The van der Waals surface area contributed by atoms with Crippen LogP contribution in [-0.4, -0.2) is 18.5 Å². The fourth-order valence-electron chi connectivity index (χ4n) is 5.14.